The lowest BCUT2D eigenvalue weighted by atomic mass is 10.0. The van der Waals surface area contributed by atoms with Crippen molar-refractivity contribution in [2.24, 2.45) is 0 Å². The smallest absolute Gasteiger partial charge is 0.335 e. The van der Waals surface area contributed by atoms with E-state index in [1.54, 1.807) is 6.07 Å². The summed E-state index contributed by atoms with van der Waals surface area (Å²) in [5.74, 6) is 0.623. The van der Waals surface area contributed by atoms with Crippen molar-refractivity contribution in [3.05, 3.63) is 29.8 Å². The molecule has 0 aromatic heterocycles. The standard InChI is InChI=1S/C11H14ClO3P/c12-16(13)15-11-7-2-1-5-9(11)10-6-3-4-8-14-10/h1-2,5,7,10,13H,3-4,6,8H2. The molecule has 1 heterocycles. The molecule has 5 heteroatoms. The van der Waals surface area contributed by atoms with Gasteiger partial charge in [-0.15, -0.1) is 0 Å². The van der Waals surface area contributed by atoms with Crippen LogP contribution < -0.4 is 4.52 Å². The Balaban J connectivity index is 2.17. The van der Waals surface area contributed by atoms with Gasteiger partial charge in [-0.2, -0.15) is 0 Å². The van der Waals surface area contributed by atoms with E-state index >= 15 is 0 Å². The van der Waals surface area contributed by atoms with Gasteiger partial charge in [0.2, 0.25) is 0 Å². The molecule has 2 atom stereocenters. The van der Waals surface area contributed by atoms with E-state index in [-0.39, 0.29) is 6.10 Å². The van der Waals surface area contributed by atoms with Crippen LogP contribution >= 0.6 is 19.0 Å². The Morgan fingerprint density at radius 1 is 1.38 bits per heavy atom. The molecule has 0 spiro atoms. The van der Waals surface area contributed by atoms with E-state index in [2.05, 4.69) is 0 Å². The summed E-state index contributed by atoms with van der Waals surface area (Å²) >= 11 is 5.48. The van der Waals surface area contributed by atoms with Crippen LogP contribution in [0.1, 0.15) is 30.9 Å². The van der Waals surface area contributed by atoms with Crippen LogP contribution in [0.5, 0.6) is 5.75 Å². The van der Waals surface area contributed by atoms with Gasteiger partial charge in [0.05, 0.1) is 6.10 Å². The van der Waals surface area contributed by atoms with Gasteiger partial charge >= 0.3 is 7.73 Å². The number of hydrogen-bond acceptors (Lipinski definition) is 3. The molecule has 1 fully saturated rings. The fourth-order valence-electron chi connectivity index (χ4n) is 1.90. The quantitative estimate of drug-likeness (QED) is 0.841. The van der Waals surface area contributed by atoms with Crippen LogP contribution in [0.3, 0.4) is 0 Å². The van der Waals surface area contributed by atoms with Crippen molar-refractivity contribution in [3.8, 4) is 5.75 Å². The van der Waals surface area contributed by atoms with Gasteiger partial charge in [-0.05, 0) is 36.6 Å². The molecule has 1 aliphatic heterocycles. The predicted molar refractivity (Wildman–Crippen MR) is 64.6 cm³/mol. The molecule has 1 N–H and O–H groups in total. The lowest BCUT2D eigenvalue weighted by Crippen LogP contribution is -2.12. The van der Waals surface area contributed by atoms with Crippen molar-refractivity contribution in [2.75, 3.05) is 6.61 Å². The minimum absolute atomic E-state index is 0.0663. The molecule has 1 aromatic carbocycles. The first-order valence-electron chi connectivity index (χ1n) is 5.30. The fraction of sp³-hybridized carbons (Fsp3) is 0.455. The number of benzene rings is 1. The monoisotopic (exact) mass is 260 g/mol. The zero-order valence-electron chi connectivity index (χ0n) is 8.80. The largest absolute Gasteiger partial charge is 0.436 e. The highest BCUT2D eigenvalue weighted by molar-refractivity contribution is 7.75. The summed E-state index contributed by atoms with van der Waals surface area (Å²) in [7, 11) is -1.90. The SMILES string of the molecule is OP(Cl)Oc1ccccc1C1CCCCO1. The Labute approximate surface area is 101 Å². The number of halogens is 1. The molecule has 0 saturated carbocycles. The third kappa shape index (κ3) is 3.08. The van der Waals surface area contributed by atoms with Gasteiger partial charge in [0, 0.05) is 12.2 Å². The van der Waals surface area contributed by atoms with Crippen molar-refractivity contribution in [2.45, 2.75) is 25.4 Å². The number of para-hydroxylation sites is 1. The van der Waals surface area contributed by atoms with Crippen molar-refractivity contribution in [1.29, 1.82) is 0 Å². The topological polar surface area (TPSA) is 38.7 Å². The molecule has 0 bridgehead atoms. The van der Waals surface area contributed by atoms with Gasteiger partial charge < -0.3 is 14.2 Å². The maximum Gasteiger partial charge on any atom is 0.335 e. The summed E-state index contributed by atoms with van der Waals surface area (Å²) in [6, 6.07) is 7.56. The van der Waals surface area contributed by atoms with Crippen LogP contribution in [0, 0.1) is 0 Å². The van der Waals surface area contributed by atoms with E-state index in [4.69, 9.17) is 25.4 Å². The summed E-state index contributed by atoms with van der Waals surface area (Å²) in [6.07, 6.45) is 3.33. The van der Waals surface area contributed by atoms with Gasteiger partial charge in [0.1, 0.15) is 5.75 Å². The average Bonchev–Trinajstić information content (AvgIpc) is 2.30. The molecule has 0 amide bonds. The predicted octanol–water partition coefficient (Wildman–Crippen LogP) is 3.77. The van der Waals surface area contributed by atoms with E-state index < -0.39 is 7.73 Å². The van der Waals surface area contributed by atoms with Crippen LogP contribution in [0.2, 0.25) is 0 Å². The van der Waals surface area contributed by atoms with E-state index in [9.17, 15) is 0 Å². The summed E-state index contributed by atoms with van der Waals surface area (Å²) < 4.78 is 10.9. The maximum atomic E-state index is 9.10. The van der Waals surface area contributed by atoms with Crippen LogP contribution in [-0.2, 0) is 4.74 Å². The lowest BCUT2D eigenvalue weighted by molar-refractivity contribution is 0.0141. The second-order valence-electron chi connectivity index (χ2n) is 3.71. The van der Waals surface area contributed by atoms with Crippen LogP contribution in [0.15, 0.2) is 24.3 Å². The second-order valence-corrected chi connectivity index (χ2v) is 5.21. The van der Waals surface area contributed by atoms with E-state index in [1.807, 2.05) is 18.2 Å². The highest BCUT2D eigenvalue weighted by atomic mass is 35.7. The summed E-state index contributed by atoms with van der Waals surface area (Å²) in [4.78, 5) is 9.10. The van der Waals surface area contributed by atoms with Gasteiger partial charge in [-0.1, -0.05) is 18.2 Å². The molecule has 1 aromatic rings. The van der Waals surface area contributed by atoms with E-state index in [0.29, 0.717) is 5.75 Å². The third-order valence-electron chi connectivity index (χ3n) is 2.62. The third-order valence-corrected chi connectivity index (χ3v) is 3.17. The zero-order valence-corrected chi connectivity index (χ0v) is 10.5. The van der Waals surface area contributed by atoms with Crippen LogP contribution in [-0.4, -0.2) is 11.5 Å². The molecule has 2 rings (SSSR count). The number of hydrogen-bond donors (Lipinski definition) is 1. The highest BCUT2D eigenvalue weighted by Crippen LogP contribution is 2.42. The molecule has 3 nitrogen and oxygen atoms in total. The van der Waals surface area contributed by atoms with Gasteiger partial charge in [-0.25, -0.2) is 0 Å². The van der Waals surface area contributed by atoms with Crippen molar-refractivity contribution < 1.29 is 14.2 Å². The Bertz CT molecular complexity index is 340. The van der Waals surface area contributed by atoms with Crippen molar-refractivity contribution >= 4 is 19.0 Å². The minimum Gasteiger partial charge on any atom is -0.436 e. The Morgan fingerprint density at radius 3 is 2.88 bits per heavy atom. The molecule has 1 saturated heterocycles. The maximum absolute atomic E-state index is 9.10. The highest BCUT2D eigenvalue weighted by Gasteiger charge is 2.20. The first-order valence-corrected chi connectivity index (χ1v) is 7.42. The molecule has 16 heavy (non-hydrogen) atoms. The van der Waals surface area contributed by atoms with Crippen LogP contribution in [0.25, 0.3) is 0 Å². The Morgan fingerprint density at radius 2 is 2.19 bits per heavy atom. The molecule has 0 aliphatic carbocycles. The van der Waals surface area contributed by atoms with Crippen LogP contribution in [0.4, 0.5) is 0 Å². The molecule has 0 radical (unpaired) electrons. The normalized spacial score (nSPS) is 22.8. The Hall–Kier alpha value is -0.340. The first-order chi connectivity index (χ1) is 7.77. The number of rotatable bonds is 3. The summed E-state index contributed by atoms with van der Waals surface area (Å²) in [6.45, 7) is 0.785. The second kappa shape index (κ2) is 5.83. The molecular weight excluding hydrogens is 247 g/mol. The zero-order chi connectivity index (χ0) is 11.4. The van der Waals surface area contributed by atoms with Gasteiger partial charge in [0.25, 0.3) is 0 Å². The lowest BCUT2D eigenvalue weighted by Gasteiger charge is -2.24. The van der Waals surface area contributed by atoms with Crippen molar-refractivity contribution in [1.82, 2.24) is 0 Å². The first kappa shape index (κ1) is 12.1. The molecular formula is C11H14ClO3P. The van der Waals surface area contributed by atoms with E-state index in [0.717, 1.165) is 31.4 Å². The molecule has 2 unspecified atom stereocenters. The average molecular weight is 261 g/mol. The molecule has 1 aliphatic rings. The fourth-order valence-corrected chi connectivity index (χ4v) is 2.45. The minimum atomic E-state index is -1.90. The summed E-state index contributed by atoms with van der Waals surface area (Å²) in [5.41, 5.74) is 0.976. The van der Waals surface area contributed by atoms with E-state index in [1.165, 1.54) is 0 Å². The Kier molecular flexibility index (Phi) is 4.42. The van der Waals surface area contributed by atoms with Gasteiger partial charge in [0.15, 0.2) is 0 Å². The number of ether oxygens (including phenoxy) is 1. The summed E-state index contributed by atoms with van der Waals surface area (Å²) in [5, 5.41) is 0. The van der Waals surface area contributed by atoms with Gasteiger partial charge in [-0.3, -0.25) is 0 Å². The van der Waals surface area contributed by atoms with Crippen molar-refractivity contribution in [3.63, 3.8) is 0 Å². The molecule has 88 valence electrons.